The summed E-state index contributed by atoms with van der Waals surface area (Å²) in [6.07, 6.45) is 11.6. The van der Waals surface area contributed by atoms with Gasteiger partial charge in [0.2, 0.25) is 0 Å². The Kier molecular flexibility index (Phi) is 8.52. The van der Waals surface area contributed by atoms with Crippen molar-refractivity contribution in [1.29, 1.82) is 0 Å². The van der Waals surface area contributed by atoms with Crippen LogP contribution in [0, 0.1) is 0 Å². The monoisotopic (exact) mass is 794 g/mol. The van der Waals surface area contributed by atoms with Crippen molar-refractivity contribution >= 4 is 49.4 Å². The van der Waals surface area contributed by atoms with E-state index in [1.807, 2.05) is 36.7 Å². The zero-order valence-electron chi connectivity index (χ0n) is 33.7. The quantitative estimate of drug-likeness (QED) is 0.161. The van der Waals surface area contributed by atoms with E-state index in [-0.39, 0.29) is 0 Å². The van der Waals surface area contributed by atoms with Crippen LogP contribution in [0.4, 0.5) is 0 Å². The maximum Gasteiger partial charge on any atom is 0.164 e. The van der Waals surface area contributed by atoms with E-state index in [4.69, 9.17) is 19.9 Å². The van der Waals surface area contributed by atoms with Gasteiger partial charge in [0.15, 0.2) is 11.3 Å². The number of hydrogen-bond donors (Lipinski definition) is 0. The van der Waals surface area contributed by atoms with E-state index in [2.05, 4.69) is 185 Å². The van der Waals surface area contributed by atoms with Crippen molar-refractivity contribution in [3.8, 4) is 45.3 Å². The van der Waals surface area contributed by atoms with Crippen LogP contribution in [-0.4, -0.2) is 29.1 Å². The van der Waals surface area contributed by atoms with E-state index in [0.29, 0.717) is 5.92 Å². The van der Waals surface area contributed by atoms with Crippen LogP contribution < -0.4 is 0 Å². The highest BCUT2D eigenvalue weighted by molar-refractivity contribution is 5.95. The molecule has 0 aliphatic heterocycles. The van der Waals surface area contributed by atoms with E-state index >= 15 is 0 Å². The predicted molar refractivity (Wildman–Crippen MR) is 254 cm³/mol. The number of nitrogens with zero attached hydrogens (tertiary/aromatic N) is 6. The van der Waals surface area contributed by atoms with Crippen LogP contribution in [0.1, 0.15) is 23.5 Å². The number of aromatic nitrogens is 6. The number of rotatable bonds is 7. The molecule has 1 unspecified atom stereocenters. The average Bonchev–Trinajstić information content (AvgIpc) is 3.93. The Morgan fingerprint density at radius 1 is 0.419 bits per heavy atom. The molecule has 6 heteroatoms. The molecule has 292 valence electrons. The summed E-state index contributed by atoms with van der Waals surface area (Å²) in [5.41, 5.74) is 13.8. The highest BCUT2D eigenvalue weighted by Crippen LogP contribution is 2.36. The number of imidazole rings is 2. The van der Waals surface area contributed by atoms with Crippen LogP contribution in [0.2, 0.25) is 0 Å². The van der Waals surface area contributed by atoms with Gasteiger partial charge in [0.1, 0.15) is 22.7 Å². The van der Waals surface area contributed by atoms with E-state index < -0.39 is 0 Å². The van der Waals surface area contributed by atoms with Gasteiger partial charge in [-0.1, -0.05) is 164 Å². The minimum Gasteiger partial charge on any atom is -0.276 e. The summed E-state index contributed by atoms with van der Waals surface area (Å²) in [5, 5.41) is 4.70. The first-order valence-corrected chi connectivity index (χ1v) is 21.1. The molecule has 62 heavy (non-hydrogen) atoms. The third kappa shape index (κ3) is 6.11. The molecule has 12 rings (SSSR count). The summed E-state index contributed by atoms with van der Waals surface area (Å²) in [7, 11) is 0. The highest BCUT2D eigenvalue weighted by atomic mass is 15.1. The molecule has 1 aliphatic carbocycles. The first-order chi connectivity index (χ1) is 30.7. The number of pyridine rings is 2. The first kappa shape index (κ1) is 35.7. The Morgan fingerprint density at radius 3 is 1.40 bits per heavy atom. The maximum absolute atomic E-state index is 5.09. The summed E-state index contributed by atoms with van der Waals surface area (Å²) in [6, 6.07) is 64.3. The molecule has 0 amide bonds. The standard InChI is InChI=1S/C56H38N6/c1-3-13-47-43(9-1)11-5-17-51(47)61-53(59-49-15-7-35-57-55(49)61)45-31-27-41(28-32-45)39-23-19-37(20-24-39)38-21-25-40(26-22-38)42-29-33-46(34-30-42)54-60-50-16-8-36-58-56(50)62(54)52-18-6-12-44-10-2-4-14-48(44)52/h1-21,23-36,38H,22H2. The van der Waals surface area contributed by atoms with Gasteiger partial charge in [-0.05, 0) is 81.4 Å². The summed E-state index contributed by atoms with van der Waals surface area (Å²) < 4.78 is 4.39. The molecule has 0 radical (unpaired) electrons. The van der Waals surface area contributed by atoms with E-state index in [9.17, 15) is 0 Å². The van der Waals surface area contributed by atoms with Crippen LogP contribution in [0.25, 0.3) is 94.7 Å². The normalized spacial score (nSPS) is 13.9. The van der Waals surface area contributed by atoms with Crippen molar-refractivity contribution in [2.75, 3.05) is 0 Å². The molecule has 4 aromatic heterocycles. The molecule has 6 nitrogen and oxygen atoms in total. The fourth-order valence-corrected chi connectivity index (χ4v) is 9.10. The summed E-state index contributed by atoms with van der Waals surface area (Å²) in [5.74, 6) is 2.07. The Hall–Kier alpha value is -8.22. The lowest BCUT2D eigenvalue weighted by Crippen LogP contribution is -2.00. The molecular formula is C56H38N6. The van der Waals surface area contributed by atoms with Crippen molar-refractivity contribution in [1.82, 2.24) is 29.1 Å². The van der Waals surface area contributed by atoms with Gasteiger partial charge >= 0.3 is 0 Å². The van der Waals surface area contributed by atoms with Crippen LogP contribution in [0.5, 0.6) is 0 Å². The van der Waals surface area contributed by atoms with Crippen LogP contribution in [-0.2, 0) is 0 Å². The van der Waals surface area contributed by atoms with Gasteiger partial charge in [-0.2, -0.15) is 0 Å². The largest absolute Gasteiger partial charge is 0.276 e. The van der Waals surface area contributed by atoms with Crippen molar-refractivity contribution in [2.45, 2.75) is 12.3 Å². The number of hydrogen-bond acceptors (Lipinski definition) is 4. The molecule has 1 atom stereocenters. The van der Waals surface area contributed by atoms with Crippen LogP contribution >= 0.6 is 0 Å². The first-order valence-electron chi connectivity index (χ1n) is 21.1. The molecule has 0 spiro atoms. The van der Waals surface area contributed by atoms with Gasteiger partial charge < -0.3 is 0 Å². The Morgan fingerprint density at radius 2 is 0.887 bits per heavy atom. The average molecular weight is 795 g/mol. The molecule has 0 N–H and O–H groups in total. The number of fused-ring (bicyclic) bond motifs is 4. The van der Waals surface area contributed by atoms with Gasteiger partial charge in [0, 0.05) is 40.2 Å². The van der Waals surface area contributed by atoms with Gasteiger partial charge in [0.05, 0.1) is 11.4 Å². The van der Waals surface area contributed by atoms with Crippen molar-refractivity contribution in [3.63, 3.8) is 0 Å². The number of benzene rings is 7. The molecule has 0 bridgehead atoms. The Bertz CT molecular complexity index is 3530. The lowest BCUT2D eigenvalue weighted by Gasteiger charge is -2.18. The molecule has 0 saturated heterocycles. The lowest BCUT2D eigenvalue weighted by atomic mass is 9.87. The summed E-state index contributed by atoms with van der Waals surface area (Å²) in [4.78, 5) is 19.7. The van der Waals surface area contributed by atoms with E-state index in [1.165, 1.54) is 44.0 Å². The van der Waals surface area contributed by atoms with E-state index in [0.717, 1.165) is 68.3 Å². The van der Waals surface area contributed by atoms with Gasteiger partial charge in [-0.25, -0.2) is 19.9 Å². The van der Waals surface area contributed by atoms with Crippen molar-refractivity contribution in [2.24, 2.45) is 0 Å². The topological polar surface area (TPSA) is 61.4 Å². The second-order valence-corrected chi connectivity index (χ2v) is 15.9. The minimum absolute atomic E-state index is 0.318. The van der Waals surface area contributed by atoms with Crippen LogP contribution in [0.3, 0.4) is 0 Å². The summed E-state index contributed by atoms with van der Waals surface area (Å²) in [6.45, 7) is 0. The third-order valence-corrected chi connectivity index (χ3v) is 12.2. The summed E-state index contributed by atoms with van der Waals surface area (Å²) >= 11 is 0. The predicted octanol–water partition coefficient (Wildman–Crippen LogP) is 13.6. The molecule has 1 aliphatic rings. The Balaban J connectivity index is 0.775. The van der Waals surface area contributed by atoms with E-state index in [1.54, 1.807) is 0 Å². The SMILES string of the molecule is C1=CC(c2ccc(-c3ccc(-c4nc5cccnc5n4-c4cccc5ccccc45)cc3)cc2)CC=C1c1ccc(-c2nc3cccnc3n2-c2cccc3ccccc23)cc1. The maximum atomic E-state index is 5.09. The third-order valence-electron chi connectivity index (χ3n) is 12.2. The van der Waals surface area contributed by atoms with Crippen LogP contribution in [0.15, 0.2) is 213 Å². The minimum atomic E-state index is 0.318. The number of allylic oxidation sites excluding steroid dienone is 4. The lowest BCUT2D eigenvalue weighted by molar-refractivity contribution is 0.857. The second kappa shape index (κ2) is 14.8. The molecule has 0 saturated carbocycles. The fourth-order valence-electron chi connectivity index (χ4n) is 9.10. The second-order valence-electron chi connectivity index (χ2n) is 15.9. The molecule has 4 heterocycles. The molecule has 7 aromatic carbocycles. The zero-order valence-corrected chi connectivity index (χ0v) is 33.7. The van der Waals surface area contributed by atoms with Gasteiger partial charge in [-0.3, -0.25) is 9.13 Å². The van der Waals surface area contributed by atoms with Gasteiger partial charge in [0.25, 0.3) is 0 Å². The highest BCUT2D eigenvalue weighted by Gasteiger charge is 2.20. The molecule has 0 fully saturated rings. The van der Waals surface area contributed by atoms with Gasteiger partial charge in [-0.15, -0.1) is 0 Å². The smallest absolute Gasteiger partial charge is 0.164 e. The van der Waals surface area contributed by atoms with Crippen molar-refractivity contribution < 1.29 is 0 Å². The Labute approximate surface area is 358 Å². The van der Waals surface area contributed by atoms with Crippen molar-refractivity contribution in [3.05, 3.63) is 224 Å². The molecular weight excluding hydrogens is 757 g/mol. The zero-order chi connectivity index (χ0) is 41.0. The fraction of sp³-hybridized carbons (Fsp3) is 0.0357. The molecule has 11 aromatic rings.